The number of nitrogens with one attached hydrogen (secondary N) is 1. The number of esters is 1. The largest absolute Gasteiger partial charge is 0.469 e. The first-order valence-electron chi connectivity index (χ1n) is 8.77. The van der Waals surface area contributed by atoms with Crippen LogP contribution in [0.25, 0.3) is 0 Å². The highest BCUT2D eigenvalue weighted by Crippen LogP contribution is 2.74. The minimum absolute atomic E-state index is 0.132. The highest BCUT2D eigenvalue weighted by atomic mass is 79.9. The average molecular weight is 410 g/mol. The van der Waals surface area contributed by atoms with Gasteiger partial charge in [-0.3, -0.25) is 9.59 Å². The molecule has 4 unspecified atom stereocenters. The van der Waals surface area contributed by atoms with Crippen molar-refractivity contribution in [3.05, 3.63) is 34.1 Å². The third-order valence-corrected chi connectivity index (χ3v) is 7.08. The molecule has 25 heavy (non-hydrogen) atoms. The van der Waals surface area contributed by atoms with Crippen LogP contribution in [0.15, 0.2) is 22.7 Å². The van der Waals surface area contributed by atoms with Gasteiger partial charge in [-0.1, -0.05) is 22.0 Å². The topological polar surface area (TPSA) is 55.4 Å². The summed E-state index contributed by atoms with van der Waals surface area (Å²) >= 11 is 3.22. The van der Waals surface area contributed by atoms with Gasteiger partial charge in [-0.2, -0.15) is 0 Å². The van der Waals surface area contributed by atoms with Crippen molar-refractivity contribution in [3.63, 3.8) is 0 Å². The first kappa shape index (κ1) is 17.0. The number of hydrogen-bond donors (Lipinski definition) is 1. The molecule has 134 valence electrons. The number of benzene rings is 1. The molecule has 0 aliphatic heterocycles. The Balaban J connectivity index is 1.51. The summed E-state index contributed by atoms with van der Waals surface area (Å²) in [6.07, 6.45) is 4.24. The summed E-state index contributed by atoms with van der Waals surface area (Å²) in [4.78, 5) is 25.2. The monoisotopic (exact) mass is 409 g/mol. The molecule has 1 aromatic rings. The number of ether oxygens (including phenoxy) is 1. The third-order valence-electron chi connectivity index (χ3n) is 6.59. The number of hydrogen-bond acceptors (Lipinski definition) is 3. The third kappa shape index (κ3) is 2.60. The molecular weight excluding hydrogens is 389 g/mol. The molecule has 1 N–H and O–H groups in total. The highest BCUT2D eigenvalue weighted by molar-refractivity contribution is 9.10. The van der Waals surface area contributed by atoms with Gasteiger partial charge in [0.25, 0.3) is 0 Å². The van der Waals surface area contributed by atoms with Gasteiger partial charge in [0.1, 0.15) is 5.82 Å². The minimum Gasteiger partial charge on any atom is -0.469 e. The zero-order valence-corrected chi connectivity index (χ0v) is 15.6. The maximum atomic E-state index is 14.0. The van der Waals surface area contributed by atoms with Crippen LogP contribution in [-0.2, 0) is 20.9 Å². The molecule has 4 atom stereocenters. The van der Waals surface area contributed by atoms with Crippen molar-refractivity contribution in [1.82, 2.24) is 5.32 Å². The molecule has 4 rings (SSSR count). The summed E-state index contributed by atoms with van der Waals surface area (Å²) in [5.74, 6) is -0.926. The van der Waals surface area contributed by atoms with Crippen LogP contribution in [0, 0.1) is 34.9 Å². The molecular formula is C19H21BrFNO3. The summed E-state index contributed by atoms with van der Waals surface area (Å²) < 4.78 is 19.6. The lowest BCUT2D eigenvalue weighted by Crippen LogP contribution is -2.41. The van der Waals surface area contributed by atoms with E-state index in [1.165, 1.54) is 13.2 Å². The number of halogens is 2. The smallest absolute Gasteiger partial charge is 0.309 e. The Kier molecular flexibility index (Phi) is 4.13. The normalized spacial score (nSPS) is 31.2. The predicted octanol–water partition coefficient (Wildman–Crippen LogP) is 3.43. The van der Waals surface area contributed by atoms with Crippen LogP contribution in [0.4, 0.5) is 4.39 Å². The summed E-state index contributed by atoms with van der Waals surface area (Å²) in [5.41, 5.74) is 0.624. The van der Waals surface area contributed by atoms with Crippen LogP contribution in [0.2, 0.25) is 0 Å². The van der Waals surface area contributed by atoms with E-state index in [4.69, 9.17) is 4.74 Å². The predicted molar refractivity (Wildman–Crippen MR) is 92.8 cm³/mol. The lowest BCUT2D eigenvalue weighted by Gasteiger charge is -2.28. The number of carbonyl (C=O) groups is 2. The summed E-state index contributed by atoms with van der Waals surface area (Å²) in [7, 11) is 1.39. The molecule has 3 aliphatic carbocycles. The van der Waals surface area contributed by atoms with Crippen molar-refractivity contribution < 1.29 is 18.7 Å². The molecule has 3 aliphatic rings. The Morgan fingerprint density at radius 1 is 1.28 bits per heavy atom. The molecule has 0 heterocycles. The average Bonchev–Trinajstić information content (AvgIpc) is 3.26. The van der Waals surface area contributed by atoms with Gasteiger partial charge in [-0.15, -0.1) is 0 Å². The summed E-state index contributed by atoms with van der Waals surface area (Å²) in [5, 5.41) is 2.86. The molecule has 0 aromatic heterocycles. The Morgan fingerprint density at radius 3 is 2.56 bits per heavy atom. The SMILES string of the molecule is COC(=O)C1C(C(=O)NCc2ccc(Br)cc2F)C2CCC1C21CC1. The number of amides is 1. The second kappa shape index (κ2) is 6.08. The number of methoxy groups -OCH3 is 1. The first-order chi connectivity index (χ1) is 12.0. The van der Waals surface area contributed by atoms with E-state index in [1.54, 1.807) is 12.1 Å². The number of carbonyl (C=O) groups excluding carboxylic acids is 2. The van der Waals surface area contributed by atoms with Crippen molar-refractivity contribution in [3.8, 4) is 0 Å². The van der Waals surface area contributed by atoms with E-state index in [-0.39, 0.29) is 53.3 Å². The fourth-order valence-electron chi connectivity index (χ4n) is 5.43. The van der Waals surface area contributed by atoms with Crippen LogP contribution < -0.4 is 5.32 Å². The van der Waals surface area contributed by atoms with Crippen molar-refractivity contribution >= 4 is 27.8 Å². The molecule has 1 spiro atoms. The van der Waals surface area contributed by atoms with E-state index in [9.17, 15) is 14.0 Å². The Labute approximate surface area is 154 Å². The molecule has 1 amide bonds. The molecule has 6 heteroatoms. The van der Waals surface area contributed by atoms with E-state index in [2.05, 4.69) is 21.2 Å². The molecule has 0 saturated heterocycles. The molecule has 4 nitrogen and oxygen atoms in total. The molecule has 1 aromatic carbocycles. The highest BCUT2D eigenvalue weighted by Gasteiger charge is 2.71. The number of rotatable bonds is 4. The Bertz CT molecular complexity index is 733. The summed E-state index contributed by atoms with van der Waals surface area (Å²) in [6, 6.07) is 4.79. The Morgan fingerprint density at radius 2 is 1.96 bits per heavy atom. The van der Waals surface area contributed by atoms with E-state index in [0.29, 0.717) is 10.0 Å². The lowest BCUT2D eigenvalue weighted by molar-refractivity contribution is -0.152. The molecule has 0 radical (unpaired) electrons. The van der Waals surface area contributed by atoms with E-state index >= 15 is 0 Å². The fourth-order valence-corrected chi connectivity index (χ4v) is 5.76. The first-order valence-corrected chi connectivity index (χ1v) is 9.57. The van der Waals surface area contributed by atoms with Crippen molar-refractivity contribution in [2.75, 3.05) is 7.11 Å². The zero-order valence-electron chi connectivity index (χ0n) is 14.1. The van der Waals surface area contributed by atoms with Crippen LogP contribution in [0.5, 0.6) is 0 Å². The van der Waals surface area contributed by atoms with Gasteiger partial charge in [0.15, 0.2) is 0 Å². The van der Waals surface area contributed by atoms with Crippen molar-refractivity contribution in [2.24, 2.45) is 29.1 Å². The minimum atomic E-state index is -0.356. The lowest BCUT2D eigenvalue weighted by atomic mass is 9.78. The van der Waals surface area contributed by atoms with Crippen LogP contribution in [0.1, 0.15) is 31.2 Å². The van der Waals surface area contributed by atoms with Gasteiger partial charge < -0.3 is 10.1 Å². The van der Waals surface area contributed by atoms with Gasteiger partial charge in [0.05, 0.1) is 18.9 Å². The van der Waals surface area contributed by atoms with Crippen LogP contribution in [0.3, 0.4) is 0 Å². The van der Waals surface area contributed by atoms with Crippen molar-refractivity contribution in [1.29, 1.82) is 0 Å². The molecule has 3 fully saturated rings. The second-order valence-corrected chi connectivity index (χ2v) is 8.47. The molecule has 2 bridgehead atoms. The van der Waals surface area contributed by atoms with Crippen molar-refractivity contribution in [2.45, 2.75) is 32.2 Å². The quantitative estimate of drug-likeness (QED) is 0.774. The zero-order chi connectivity index (χ0) is 17.8. The summed E-state index contributed by atoms with van der Waals surface area (Å²) in [6.45, 7) is 0.132. The molecule has 3 saturated carbocycles. The van der Waals surface area contributed by atoms with Crippen LogP contribution >= 0.6 is 15.9 Å². The van der Waals surface area contributed by atoms with Crippen LogP contribution in [-0.4, -0.2) is 19.0 Å². The standard InChI is InChI=1S/C19H21BrFNO3/c1-25-18(24)16-13-5-4-12(19(13)6-7-19)15(16)17(23)22-9-10-2-3-11(20)8-14(10)21/h2-3,8,12-13,15-16H,4-7,9H2,1H3,(H,22,23). The maximum absolute atomic E-state index is 14.0. The van der Waals surface area contributed by atoms with Gasteiger partial charge in [-0.25, -0.2) is 4.39 Å². The maximum Gasteiger partial charge on any atom is 0.309 e. The fraction of sp³-hybridized carbons (Fsp3) is 0.579. The Hall–Kier alpha value is -1.43. The van der Waals surface area contributed by atoms with E-state index in [0.717, 1.165) is 25.7 Å². The van der Waals surface area contributed by atoms with E-state index < -0.39 is 0 Å². The van der Waals surface area contributed by atoms with Gasteiger partial charge in [0.2, 0.25) is 5.91 Å². The van der Waals surface area contributed by atoms with Gasteiger partial charge in [0, 0.05) is 16.6 Å². The van der Waals surface area contributed by atoms with Gasteiger partial charge in [-0.05, 0) is 55.1 Å². The van der Waals surface area contributed by atoms with E-state index in [1.807, 2.05) is 0 Å². The second-order valence-electron chi connectivity index (χ2n) is 7.55. The van der Waals surface area contributed by atoms with Gasteiger partial charge >= 0.3 is 5.97 Å².